The molecule has 6 heteroatoms. The summed E-state index contributed by atoms with van der Waals surface area (Å²) in [6, 6.07) is 7.91. The Kier molecular flexibility index (Phi) is 7.67. The molecule has 2 aliphatic rings. The highest BCUT2D eigenvalue weighted by Crippen LogP contribution is 2.26. The largest absolute Gasteiger partial charge is 0.441 e. The van der Waals surface area contributed by atoms with Gasteiger partial charge in [-0.25, -0.2) is 4.98 Å². The molecule has 1 atom stereocenters. The first-order chi connectivity index (χ1) is 15.1. The van der Waals surface area contributed by atoms with Crippen molar-refractivity contribution in [2.45, 2.75) is 77.3 Å². The molecule has 0 radical (unpaired) electrons. The van der Waals surface area contributed by atoms with Crippen molar-refractivity contribution in [1.82, 2.24) is 15.2 Å². The molecule has 4 rings (SSSR count). The van der Waals surface area contributed by atoms with Gasteiger partial charge in [0.2, 0.25) is 11.8 Å². The molecule has 0 bridgehead atoms. The first-order valence-corrected chi connectivity index (χ1v) is 12.2. The summed E-state index contributed by atoms with van der Waals surface area (Å²) in [5, 5.41) is 4.07. The molecule has 0 spiro atoms. The van der Waals surface area contributed by atoms with Gasteiger partial charge in [-0.3, -0.25) is 9.69 Å². The molecule has 168 valence electrons. The van der Waals surface area contributed by atoms with Gasteiger partial charge >= 0.3 is 0 Å². The van der Waals surface area contributed by atoms with Crippen molar-refractivity contribution in [2.24, 2.45) is 5.92 Å². The van der Waals surface area contributed by atoms with Crippen LogP contribution < -0.4 is 5.32 Å². The third kappa shape index (κ3) is 6.11. The Morgan fingerprint density at radius 2 is 1.81 bits per heavy atom. The van der Waals surface area contributed by atoms with Gasteiger partial charge in [0.15, 0.2) is 0 Å². The number of oxazole rings is 1. The molecule has 2 heterocycles. The van der Waals surface area contributed by atoms with Crippen molar-refractivity contribution in [3.8, 4) is 11.5 Å². The van der Waals surface area contributed by atoms with Crippen molar-refractivity contribution < 1.29 is 9.21 Å². The van der Waals surface area contributed by atoms with Gasteiger partial charge in [-0.2, -0.15) is 0 Å². The van der Waals surface area contributed by atoms with Gasteiger partial charge in [-0.1, -0.05) is 43.7 Å². The molecule has 1 N–H and O–H groups in total. The highest BCUT2D eigenvalue weighted by molar-refractivity contribution is 6.30. The second-order valence-electron chi connectivity index (χ2n) is 9.15. The molecule has 5 nitrogen and oxygen atoms in total. The molecular formula is C25H34ClN3O2. The lowest BCUT2D eigenvalue weighted by atomic mass is 9.94. The summed E-state index contributed by atoms with van der Waals surface area (Å²) in [6.07, 6.45) is 10.7. The number of benzene rings is 1. The van der Waals surface area contributed by atoms with Gasteiger partial charge in [0.05, 0.1) is 11.6 Å². The van der Waals surface area contributed by atoms with Crippen molar-refractivity contribution in [1.29, 1.82) is 0 Å². The van der Waals surface area contributed by atoms with E-state index in [-0.39, 0.29) is 11.8 Å². The van der Waals surface area contributed by atoms with E-state index in [4.69, 9.17) is 21.0 Å². The van der Waals surface area contributed by atoms with Gasteiger partial charge in [0, 0.05) is 29.7 Å². The first kappa shape index (κ1) is 22.3. The minimum Gasteiger partial charge on any atom is -0.441 e. The zero-order chi connectivity index (χ0) is 21.6. The quantitative estimate of drug-likeness (QED) is 0.639. The number of nitrogens with one attached hydrogen (secondary N) is 1. The number of aromatic nitrogens is 1. The summed E-state index contributed by atoms with van der Waals surface area (Å²) in [5.74, 6) is 1.78. The van der Waals surface area contributed by atoms with Gasteiger partial charge in [0.1, 0.15) is 5.76 Å². The SMILES string of the molecule is Cc1oc(-c2ccc(Cl)cc2)nc1CN1CCC[C@H](C(=O)NC2CCCCCCC2)C1. The van der Waals surface area contributed by atoms with E-state index in [0.29, 0.717) is 17.0 Å². The molecule has 1 saturated heterocycles. The molecule has 1 aliphatic heterocycles. The van der Waals surface area contributed by atoms with Crippen LogP contribution in [0.3, 0.4) is 0 Å². The zero-order valence-electron chi connectivity index (χ0n) is 18.5. The number of rotatable bonds is 5. The summed E-state index contributed by atoms with van der Waals surface area (Å²) in [6.45, 7) is 4.47. The van der Waals surface area contributed by atoms with E-state index in [1.165, 1.54) is 32.1 Å². The topological polar surface area (TPSA) is 58.4 Å². The van der Waals surface area contributed by atoms with Crippen molar-refractivity contribution in [2.75, 3.05) is 13.1 Å². The zero-order valence-corrected chi connectivity index (χ0v) is 19.3. The van der Waals surface area contributed by atoms with Crippen molar-refractivity contribution in [3.05, 3.63) is 40.7 Å². The molecule has 1 aromatic carbocycles. The highest BCUT2D eigenvalue weighted by atomic mass is 35.5. The second-order valence-corrected chi connectivity index (χ2v) is 9.59. The van der Waals surface area contributed by atoms with Gasteiger partial charge < -0.3 is 9.73 Å². The number of amides is 1. The lowest BCUT2D eigenvalue weighted by Crippen LogP contribution is -2.45. The van der Waals surface area contributed by atoms with E-state index in [1.807, 2.05) is 31.2 Å². The van der Waals surface area contributed by atoms with Gasteiger partial charge in [-0.15, -0.1) is 0 Å². The van der Waals surface area contributed by atoms with Crippen LogP contribution in [0.15, 0.2) is 28.7 Å². The average molecular weight is 444 g/mol. The fourth-order valence-corrected chi connectivity index (χ4v) is 4.96. The van der Waals surface area contributed by atoms with E-state index in [9.17, 15) is 4.79 Å². The number of hydrogen-bond donors (Lipinski definition) is 1. The summed E-state index contributed by atoms with van der Waals surface area (Å²) < 4.78 is 5.92. The molecular weight excluding hydrogens is 410 g/mol. The van der Waals surface area contributed by atoms with E-state index < -0.39 is 0 Å². The Morgan fingerprint density at radius 1 is 1.10 bits per heavy atom. The van der Waals surface area contributed by atoms with Crippen LogP contribution in [0, 0.1) is 12.8 Å². The van der Waals surface area contributed by atoms with E-state index in [0.717, 1.165) is 62.3 Å². The van der Waals surface area contributed by atoms with Crippen molar-refractivity contribution >= 4 is 17.5 Å². The molecule has 1 aliphatic carbocycles. The summed E-state index contributed by atoms with van der Waals surface area (Å²) in [5.41, 5.74) is 1.87. The second kappa shape index (κ2) is 10.6. The van der Waals surface area contributed by atoms with Gasteiger partial charge in [0.25, 0.3) is 0 Å². The maximum atomic E-state index is 13.0. The number of hydrogen-bond acceptors (Lipinski definition) is 4. The minimum absolute atomic E-state index is 0.0714. The number of piperidine rings is 1. The van der Waals surface area contributed by atoms with Crippen LogP contribution >= 0.6 is 11.6 Å². The number of carbonyl (C=O) groups excluding carboxylic acids is 1. The normalized spacial score (nSPS) is 21.4. The standard InChI is InChI=1S/C25H34ClN3O2/c1-18-23(28-25(31-18)19-11-13-21(26)14-12-19)17-29-15-7-8-20(16-29)24(30)27-22-9-5-3-2-4-6-10-22/h11-14,20,22H,2-10,15-17H2,1H3,(H,27,30)/t20-/m0/s1. The third-order valence-electron chi connectivity index (χ3n) is 6.69. The predicted molar refractivity (Wildman–Crippen MR) is 124 cm³/mol. The molecule has 0 unspecified atom stereocenters. The van der Waals surface area contributed by atoms with E-state index >= 15 is 0 Å². The monoisotopic (exact) mass is 443 g/mol. The maximum Gasteiger partial charge on any atom is 0.226 e. The average Bonchev–Trinajstić information content (AvgIpc) is 3.11. The minimum atomic E-state index is 0.0714. The Morgan fingerprint density at radius 3 is 2.55 bits per heavy atom. The fourth-order valence-electron chi connectivity index (χ4n) is 4.84. The van der Waals surface area contributed by atoms with Crippen LogP contribution in [-0.4, -0.2) is 34.9 Å². The maximum absolute atomic E-state index is 13.0. The Labute approximate surface area is 190 Å². The molecule has 1 amide bonds. The molecule has 31 heavy (non-hydrogen) atoms. The summed E-state index contributed by atoms with van der Waals surface area (Å²) in [4.78, 5) is 20.0. The van der Waals surface area contributed by atoms with Gasteiger partial charge in [-0.05, 0) is 63.4 Å². The predicted octanol–water partition coefficient (Wildman–Crippen LogP) is 5.74. The Hall–Kier alpha value is -1.85. The van der Waals surface area contributed by atoms with Crippen molar-refractivity contribution in [3.63, 3.8) is 0 Å². The first-order valence-electron chi connectivity index (χ1n) is 11.8. The van der Waals surface area contributed by atoms with Crippen LogP contribution in [0.4, 0.5) is 0 Å². The van der Waals surface area contributed by atoms with Crippen LogP contribution in [0.25, 0.3) is 11.5 Å². The smallest absolute Gasteiger partial charge is 0.226 e. The highest BCUT2D eigenvalue weighted by Gasteiger charge is 2.28. The number of likely N-dealkylation sites (tertiary alicyclic amines) is 1. The number of nitrogens with zero attached hydrogens (tertiary/aromatic N) is 2. The Balaban J connectivity index is 1.34. The van der Waals surface area contributed by atoms with Crippen LogP contribution in [0.2, 0.25) is 5.02 Å². The summed E-state index contributed by atoms with van der Waals surface area (Å²) >= 11 is 5.99. The number of carbonyl (C=O) groups is 1. The Bertz CT molecular complexity index is 856. The van der Waals surface area contributed by atoms with E-state index in [2.05, 4.69) is 10.2 Å². The molecule has 1 saturated carbocycles. The van der Waals surface area contributed by atoms with Crippen LogP contribution in [0.5, 0.6) is 0 Å². The lowest BCUT2D eigenvalue weighted by Gasteiger charge is -2.32. The number of aryl methyl sites for hydroxylation is 1. The fraction of sp³-hybridized carbons (Fsp3) is 0.600. The molecule has 2 fully saturated rings. The van der Waals surface area contributed by atoms with Crippen LogP contribution in [-0.2, 0) is 11.3 Å². The lowest BCUT2D eigenvalue weighted by molar-refractivity contribution is -0.127. The third-order valence-corrected chi connectivity index (χ3v) is 6.94. The molecule has 2 aromatic rings. The summed E-state index contributed by atoms with van der Waals surface area (Å²) in [7, 11) is 0. The molecule has 1 aromatic heterocycles. The van der Waals surface area contributed by atoms with E-state index in [1.54, 1.807) is 0 Å². The number of halogens is 1. The van der Waals surface area contributed by atoms with Crippen LogP contribution in [0.1, 0.15) is 69.2 Å².